The molecule has 0 spiro atoms. The molecule has 1 aromatic carbocycles. The van der Waals surface area contributed by atoms with Gasteiger partial charge in [-0.1, -0.05) is 11.6 Å². The highest BCUT2D eigenvalue weighted by molar-refractivity contribution is 6.31. The third-order valence-corrected chi connectivity index (χ3v) is 2.59. The lowest BCUT2D eigenvalue weighted by Gasteiger charge is -2.03. The van der Waals surface area contributed by atoms with Crippen molar-refractivity contribution < 1.29 is 4.79 Å². The molecular weight excluding hydrogens is 214 g/mol. The Bertz CT molecular complexity index is 601. The minimum atomic E-state index is -0.159. The fourth-order valence-electron chi connectivity index (χ4n) is 1.49. The minimum Gasteiger partial charge on any atom is -0.352 e. The normalized spacial score (nSPS) is 10.5. The maximum Gasteiger partial charge on any atom is 0.193 e. The molecule has 0 unspecified atom stereocenters. The van der Waals surface area contributed by atoms with Gasteiger partial charge in [0.15, 0.2) is 11.7 Å². The number of carbonyl (C=O) groups excluding carboxylic acids is 1. The summed E-state index contributed by atoms with van der Waals surface area (Å²) < 4.78 is 0. The molecule has 0 bridgehead atoms. The smallest absolute Gasteiger partial charge is 0.193 e. The number of aldehydes is 1. The number of halogens is 1. The maximum atomic E-state index is 11.8. The predicted molar refractivity (Wildman–Crippen MR) is 59.7 cm³/mol. The zero-order chi connectivity index (χ0) is 11.0. The molecule has 4 heteroatoms. The van der Waals surface area contributed by atoms with Crippen LogP contribution in [0, 0.1) is 6.92 Å². The van der Waals surface area contributed by atoms with Crippen LogP contribution >= 0.6 is 11.6 Å². The van der Waals surface area contributed by atoms with E-state index in [9.17, 15) is 9.59 Å². The topological polar surface area (TPSA) is 49.9 Å². The number of H-pyrrole nitrogens is 1. The molecule has 0 saturated carbocycles. The van der Waals surface area contributed by atoms with Gasteiger partial charge in [-0.15, -0.1) is 0 Å². The molecule has 0 aliphatic carbocycles. The third-order valence-electron chi connectivity index (χ3n) is 2.36. The van der Waals surface area contributed by atoms with Gasteiger partial charge < -0.3 is 4.98 Å². The van der Waals surface area contributed by atoms with E-state index in [0.717, 1.165) is 0 Å². The summed E-state index contributed by atoms with van der Waals surface area (Å²) in [4.78, 5) is 25.4. The highest BCUT2D eigenvalue weighted by atomic mass is 35.5. The molecule has 2 aromatic rings. The Hall–Kier alpha value is -1.61. The second-order valence-corrected chi connectivity index (χ2v) is 3.74. The first kappa shape index (κ1) is 9.93. The third kappa shape index (κ3) is 1.55. The van der Waals surface area contributed by atoms with Crippen LogP contribution in [0.25, 0.3) is 10.9 Å². The van der Waals surface area contributed by atoms with Crippen molar-refractivity contribution in [2.75, 3.05) is 0 Å². The molecule has 0 aliphatic rings. The molecule has 1 N–H and O–H groups in total. The van der Waals surface area contributed by atoms with E-state index in [4.69, 9.17) is 11.6 Å². The lowest BCUT2D eigenvalue weighted by atomic mass is 10.1. The van der Waals surface area contributed by atoms with Crippen LogP contribution < -0.4 is 5.43 Å². The van der Waals surface area contributed by atoms with Crippen molar-refractivity contribution in [3.8, 4) is 0 Å². The number of aromatic nitrogens is 1. The van der Waals surface area contributed by atoms with Gasteiger partial charge in [0.2, 0.25) is 0 Å². The molecule has 0 amide bonds. The standard InChI is InChI=1S/C11H8ClNO2/c1-6-10(5-14)13-9-3-2-7(12)4-8(9)11(6)15/h2-5H,1H3,(H,13,15). The first-order valence-electron chi connectivity index (χ1n) is 4.41. The fourth-order valence-corrected chi connectivity index (χ4v) is 1.67. The van der Waals surface area contributed by atoms with Crippen LogP contribution in [0.1, 0.15) is 16.1 Å². The number of pyridine rings is 1. The number of nitrogens with one attached hydrogen (secondary N) is 1. The largest absolute Gasteiger partial charge is 0.352 e. The van der Waals surface area contributed by atoms with Gasteiger partial charge in [0.25, 0.3) is 0 Å². The zero-order valence-corrected chi connectivity index (χ0v) is 8.76. The number of carbonyl (C=O) groups is 1. The Morgan fingerprint density at radius 1 is 1.40 bits per heavy atom. The number of hydrogen-bond acceptors (Lipinski definition) is 2. The van der Waals surface area contributed by atoms with Crippen molar-refractivity contribution >= 4 is 28.8 Å². The summed E-state index contributed by atoms with van der Waals surface area (Å²) >= 11 is 5.79. The van der Waals surface area contributed by atoms with Crippen LogP contribution in [0.5, 0.6) is 0 Å². The molecule has 15 heavy (non-hydrogen) atoms. The van der Waals surface area contributed by atoms with Crippen LogP contribution in [0.3, 0.4) is 0 Å². The monoisotopic (exact) mass is 221 g/mol. The van der Waals surface area contributed by atoms with Crippen LogP contribution in [-0.2, 0) is 0 Å². The molecule has 0 aliphatic heterocycles. The highest BCUT2D eigenvalue weighted by Gasteiger charge is 2.07. The van der Waals surface area contributed by atoms with E-state index in [1.807, 2.05) is 0 Å². The van der Waals surface area contributed by atoms with Crippen molar-refractivity contribution in [3.63, 3.8) is 0 Å². The molecule has 2 rings (SSSR count). The molecule has 3 nitrogen and oxygen atoms in total. The zero-order valence-electron chi connectivity index (χ0n) is 8.00. The first-order chi connectivity index (χ1) is 7.13. The van der Waals surface area contributed by atoms with E-state index in [1.54, 1.807) is 25.1 Å². The van der Waals surface area contributed by atoms with E-state index >= 15 is 0 Å². The van der Waals surface area contributed by atoms with Gasteiger partial charge in [-0.3, -0.25) is 9.59 Å². The molecule has 76 valence electrons. The number of fused-ring (bicyclic) bond motifs is 1. The summed E-state index contributed by atoms with van der Waals surface area (Å²) in [5, 5.41) is 1.01. The van der Waals surface area contributed by atoms with Crippen molar-refractivity contribution in [1.29, 1.82) is 0 Å². The molecule has 0 saturated heterocycles. The number of aromatic amines is 1. The van der Waals surface area contributed by atoms with Gasteiger partial charge in [-0.2, -0.15) is 0 Å². The highest BCUT2D eigenvalue weighted by Crippen LogP contribution is 2.16. The number of hydrogen-bond donors (Lipinski definition) is 1. The Balaban J connectivity index is 2.97. The van der Waals surface area contributed by atoms with E-state index in [-0.39, 0.29) is 5.43 Å². The Kier molecular flexibility index (Phi) is 2.32. The predicted octanol–water partition coefficient (Wildman–Crippen LogP) is 2.30. The van der Waals surface area contributed by atoms with Crippen molar-refractivity contribution in [3.05, 3.63) is 44.7 Å². The minimum absolute atomic E-state index is 0.159. The van der Waals surface area contributed by atoms with Gasteiger partial charge in [0.1, 0.15) is 0 Å². The summed E-state index contributed by atoms with van der Waals surface area (Å²) in [6, 6.07) is 4.95. The Labute approximate surface area is 90.7 Å². The molecular formula is C11H8ClNO2. The fraction of sp³-hybridized carbons (Fsp3) is 0.0909. The molecule has 1 aromatic heterocycles. The van der Waals surface area contributed by atoms with Crippen molar-refractivity contribution in [2.24, 2.45) is 0 Å². The Morgan fingerprint density at radius 3 is 2.80 bits per heavy atom. The number of rotatable bonds is 1. The van der Waals surface area contributed by atoms with Gasteiger partial charge in [-0.05, 0) is 25.1 Å². The van der Waals surface area contributed by atoms with Crippen LogP contribution in [0.15, 0.2) is 23.0 Å². The lowest BCUT2D eigenvalue weighted by molar-refractivity contribution is 0.111. The molecule has 0 atom stereocenters. The second-order valence-electron chi connectivity index (χ2n) is 3.30. The second kappa shape index (κ2) is 3.51. The number of benzene rings is 1. The maximum absolute atomic E-state index is 11.8. The lowest BCUT2D eigenvalue weighted by Crippen LogP contribution is -2.11. The first-order valence-corrected chi connectivity index (χ1v) is 4.78. The molecule has 1 heterocycles. The summed E-state index contributed by atoms with van der Waals surface area (Å²) in [6.07, 6.45) is 0.644. The van der Waals surface area contributed by atoms with Gasteiger partial charge in [0, 0.05) is 21.5 Å². The van der Waals surface area contributed by atoms with E-state index in [1.165, 1.54) is 0 Å². The van der Waals surface area contributed by atoms with Crippen LogP contribution in [-0.4, -0.2) is 11.3 Å². The van der Waals surface area contributed by atoms with Crippen LogP contribution in [0.4, 0.5) is 0 Å². The van der Waals surface area contributed by atoms with E-state index in [0.29, 0.717) is 33.5 Å². The molecule has 0 fully saturated rings. The van der Waals surface area contributed by atoms with Crippen LogP contribution in [0.2, 0.25) is 5.02 Å². The summed E-state index contributed by atoms with van der Waals surface area (Å²) in [5.41, 5.74) is 1.19. The van der Waals surface area contributed by atoms with Crippen molar-refractivity contribution in [1.82, 2.24) is 4.98 Å². The Morgan fingerprint density at radius 2 is 2.13 bits per heavy atom. The van der Waals surface area contributed by atoms with Gasteiger partial charge >= 0.3 is 0 Å². The summed E-state index contributed by atoms with van der Waals surface area (Å²) in [6.45, 7) is 1.61. The molecule has 0 radical (unpaired) electrons. The van der Waals surface area contributed by atoms with Gasteiger partial charge in [0.05, 0.1) is 5.69 Å². The summed E-state index contributed by atoms with van der Waals surface area (Å²) in [7, 11) is 0. The average molecular weight is 222 g/mol. The summed E-state index contributed by atoms with van der Waals surface area (Å²) in [5.74, 6) is 0. The van der Waals surface area contributed by atoms with E-state index < -0.39 is 0 Å². The van der Waals surface area contributed by atoms with E-state index in [2.05, 4.69) is 4.98 Å². The SMILES string of the molecule is Cc1c(C=O)[nH]c2ccc(Cl)cc2c1=O. The van der Waals surface area contributed by atoms with Gasteiger partial charge in [-0.25, -0.2) is 0 Å². The quantitative estimate of drug-likeness (QED) is 0.752. The average Bonchev–Trinajstić information content (AvgIpc) is 2.24. The van der Waals surface area contributed by atoms with Crippen molar-refractivity contribution in [2.45, 2.75) is 6.92 Å².